The van der Waals surface area contributed by atoms with Crippen molar-refractivity contribution in [1.82, 2.24) is 5.32 Å². The predicted molar refractivity (Wildman–Crippen MR) is 85.3 cm³/mol. The van der Waals surface area contributed by atoms with Gasteiger partial charge in [-0.2, -0.15) is 0 Å². The fourth-order valence-corrected chi connectivity index (χ4v) is 2.45. The third-order valence-electron chi connectivity index (χ3n) is 3.56. The van der Waals surface area contributed by atoms with E-state index in [4.69, 9.17) is 5.73 Å². The molecule has 0 atom stereocenters. The molecule has 0 amide bonds. The van der Waals surface area contributed by atoms with Gasteiger partial charge in [-0.05, 0) is 38.4 Å². The second-order valence-electron chi connectivity index (χ2n) is 5.11. The van der Waals surface area contributed by atoms with Crippen molar-refractivity contribution in [3.8, 4) is 0 Å². The van der Waals surface area contributed by atoms with Gasteiger partial charge in [-0.25, -0.2) is 4.99 Å². The summed E-state index contributed by atoms with van der Waals surface area (Å²) in [5.74, 6) is 1.98. The lowest BCUT2D eigenvalue weighted by Gasteiger charge is -2.22. The fraction of sp³-hybridized carbons (Fsp3) is 0.500. The van der Waals surface area contributed by atoms with Gasteiger partial charge in [0.15, 0.2) is 0 Å². The zero-order valence-electron chi connectivity index (χ0n) is 12.2. The summed E-state index contributed by atoms with van der Waals surface area (Å²) in [4.78, 5) is 9.09. The summed E-state index contributed by atoms with van der Waals surface area (Å²) in [6.07, 6.45) is 2.89. The van der Waals surface area contributed by atoms with Crippen LogP contribution in [0.5, 0.6) is 0 Å². The van der Waals surface area contributed by atoms with Crippen LogP contribution in [0.25, 0.3) is 0 Å². The van der Waals surface area contributed by atoms with Crippen molar-refractivity contribution in [2.45, 2.75) is 26.2 Å². The van der Waals surface area contributed by atoms with Crippen molar-refractivity contribution in [3.63, 3.8) is 0 Å². The minimum atomic E-state index is 0.397. The van der Waals surface area contributed by atoms with E-state index in [0.29, 0.717) is 5.92 Å². The number of nitrogens with zero attached hydrogens (tertiary/aromatic N) is 2. The third-order valence-corrected chi connectivity index (χ3v) is 3.56. The highest BCUT2D eigenvalue weighted by atomic mass is 15.0. The summed E-state index contributed by atoms with van der Waals surface area (Å²) in [6.45, 7) is 4.83. The Morgan fingerprint density at radius 1 is 1.25 bits per heavy atom. The van der Waals surface area contributed by atoms with Gasteiger partial charge in [0.2, 0.25) is 0 Å². The predicted octanol–water partition coefficient (Wildman–Crippen LogP) is 2.00. The van der Waals surface area contributed by atoms with Gasteiger partial charge in [0, 0.05) is 18.9 Å². The van der Waals surface area contributed by atoms with E-state index in [0.717, 1.165) is 50.6 Å². The lowest BCUT2D eigenvalue weighted by molar-refractivity contribution is 0.454. The van der Waals surface area contributed by atoms with Gasteiger partial charge in [0.05, 0.1) is 0 Å². The first kappa shape index (κ1) is 14.7. The molecule has 0 bridgehead atoms. The zero-order valence-corrected chi connectivity index (χ0v) is 12.2. The summed E-state index contributed by atoms with van der Waals surface area (Å²) in [7, 11) is 0. The molecule has 1 aliphatic rings. The maximum atomic E-state index is 6.17. The van der Waals surface area contributed by atoms with Crippen LogP contribution in [-0.2, 0) is 6.42 Å². The molecule has 1 aliphatic heterocycles. The van der Waals surface area contributed by atoms with Crippen LogP contribution >= 0.6 is 0 Å². The van der Waals surface area contributed by atoms with Crippen molar-refractivity contribution < 1.29 is 0 Å². The number of aliphatic imine (C=N–C) groups is 2. The van der Waals surface area contributed by atoms with E-state index in [-0.39, 0.29) is 0 Å². The molecule has 1 saturated heterocycles. The fourth-order valence-electron chi connectivity index (χ4n) is 2.45. The van der Waals surface area contributed by atoms with Crippen LogP contribution in [0, 0.1) is 5.92 Å². The summed E-state index contributed by atoms with van der Waals surface area (Å²) in [6, 6.07) is 10.3. The highest BCUT2D eigenvalue weighted by Crippen LogP contribution is 2.12. The largest absolute Gasteiger partial charge is 0.387 e. The first-order valence-electron chi connectivity index (χ1n) is 7.41. The quantitative estimate of drug-likeness (QED) is 0.650. The number of nitrogens with two attached hydrogens (primary N) is 1. The van der Waals surface area contributed by atoms with Crippen LogP contribution in [0.1, 0.15) is 25.3 Å². The Morgan fingerprint density at radius 3 is 2.60 bits per heavy atom. The molecule has 1 heterocycles. The van der Waals surface area contributed by atoms with E-state index in [1.54, 1.807) is 0 Å². The van der Waals surface area contributed by atoms with E-state index in [1.165, 1.54) is 5.56 Å². The molecule has 1 fully saturated rings. The van der Waals surface area contributed by atoms with E-state index < -0.39 is 0 Å². The molecule has 3 N–H and O–H groups in total. The summed E-state index contributed by atoms with van der Waals surface area (Å²) in [5, 5.41) is 3.35. The van der Waals surface area contributed by atoms with Gasteiger partial charge in [-0.3, -0.25) is 4.99 Å². The van der Waals surface area contributed by atoms with Gasteiger partial charge in [0.25, 0.3) is 0 Å². The first-order valence-corrected chi connectivity index (χ1v) is 7.41. The van der Waals surface area contributed by atoms with Crippen molar-refractivity contribution in [2.24, 2.45) is 21.6 Å². The SMILES string of the molecule is CCN=C(Cc1ccccc1)N=C(N)C1CCNCC1. The van der Waals surface area contributed by atoms with Crippen LogP contribution in [-0.4, -0.2) is 31.3 Å². The first-order chi connectivity index (χ1) is 9.79. The van der Waals surface area contributed by atoms with Crippen LogP contribution in [0.2, 0.25) is 0 Å². The number of piperidine rings is 1. The molecule has 1 aromatic rings. The van der Waals surface area contributed by atoms with Crippen LogP contribution in [0.3, 0.4) is 0 Å². The zero-order chi connectivity index (χ0) is 14.2. The molecular formula is C16H24N4. The van der Waals surface area contributed by atoms with E-state index >= 15 is 0 Å². The Labute approximate surface area is 121 Å². The Kier molecular flexibility index (Phi) is 5.74. The minimum absolute atomic E-state index is 0.397. The molecule has 20 heavy (non-hydrogen) atoms. The van der Waals surface area contributed by atoms with Gasteiger partial charge in [0.1, 0.15) is 11.7 Å². The molecule has 2 rings (SSSR count). The minimum Gasteiger partial charge on any atom is -0.387 e. The standard InChI is InChI=1S/C16H24N4/c1-2-19-15(12-13-6-4-3-5-7-13)20-16(17)14-8-10-18-11-9-14/h3-7,14,18H,2,8-12H2,1H3,(H2,17,19,20). The number of hydrogen-bond donors (Lipinski definition) is 2. The number of rotatable bonds is 4. The van der Waals surface area contributed by atoms with Crippen LogP contribution in [0.15, 0.2) is 40.3 Å². The van der Waals surface area contributed by atoms with Crippen LogP contribution in [0.4, 0.5) is 0 Å². The van der Waals surface area contributed by atoms with Crippen molar-refractivity contribution in [3.05, 3.63) is 35.9 Å². The van der Waals surface area contributed by atoms with Gasteiger partial charge in [-0.1, -0.05) is 30.3 Å². The van der Waals surface area contributed by atoms with Crippen molar-refractivity contribution in [2.75, 3.05) is 19.6 Å². The van der Waals surface area contributed by atoms with Crippen molar-refractivity contribution in [1.29, 1.82) is 0 Å². The number of amidine groups is 2. The Morgan fingerprint density at radius 2 is 1.95 bits per heavy atom. The summed E-state index contributed by atoms with van der Waals surface area (Å²) < 4.78 is 0. The van der Waals surface area contributed by atoms with Crippen molar-refractivity contribution >= 4 is 11.7 Å². The molecule has 0 unspecified atom stereocenters. The maximum absolute atomic E-state index is 6.17. The summed E-state index contributed by atoms with van der Waals surface area (Å²) in [5.41, 5.74) is 7.40. The molecule has 1 aromatic carbocycles. The highest BCUT2D eigenvalue weighted by Gasteiger charge is 2.17. The maximum Gasteiger partial charge on any atom is 0.129 e. The Hall–Kier alpha value is -1.68. The van der Waals surface area contributed by atoms with E-state index in [1.807, 2.05) is 25.1 Å². The Balaban J connectivity index is 2.06. The smallest absolute Gasteiger partial charge is 0.129 e. The number of benzene rings is 1. The molecule has 0 saturated carbocycles. The highest BCUT2D eigenvalue weighted by molar-refractivity contribution is 5.98. The van der Waals surface area contributed by atoms with Gasteiger partial charge >= 0.3 is 0 Å². The third kappa shape index (κ3) is 4.46. The molecule has 0 radical (unpaired) electrons. The second kappa shape index (κ2) is 7.80. The Bertz CT molecular complexity index is 459. The molecular weight excluding hydrogens is 248 g/mol. The topological polar surface area (TPSA) is 62.8 Å². The lowest BCUT2D eigenvalue weighted by Crippen LogP contribution is -2.35. The van der Waals surface area contributed by atoms with E-state index in [2.05, 4.69) is 27.4 Å². The van der Waals surface area contributed by atoms with Gasteiger partial charge in [-0.15, -0.1) is 0 Å². The molecule has 4 nitrogen and oxygen atoms in total. The molecule has 0 spiro atoms. The van der Waals surface area contributed by atoms with Gasteiger partial charge < -0.3 is 11.1 Å². The monoisotopic (exact) mass is 272 g/mol. The molecule has 0 aliphatic carbocycles. The average Bonchev–Trinajstić information content (AvgIpc) is 2.49. The average molecular weight is 272 g/mol. The second-order valence-corrected chi connectivity index (χ2v) is 5.11. The lowest BCUT2D eigenvalue weighted by atomic mass is 9.97. The molecule has 4 heteroatoms. The van der Waals surface area contributed by atoms with Crippen LogP contribution < -0.4 is 11.1 Å². The number of nitrogens with one attached hydrogen (secondary N) is 1. The number of hydrogen-bond acceptors (Lipinski definition) is 2. The molecule has 108 valence electrons. The molecule has 0 aromatic heterocycles. The summed E-state index contributed by atoms with van der Waals surface area (Å²) >= 11 is 0. The normalized spacial score (nSPS) is 18.2. The van der Waals surface area contributed by atoms with E-state index in [9.17, 15) is 0 Å².